The van der Waals surface area contributed by atoms with Crippen LogP contribution in [0.25, 0.3) is 0 Å². The molecule has 1 atom stereocenters. The number of amides is 2. The highest BCUT2D eigenvalue weighted by molar-refractivity contribution is 8.25. The number of aliphatic hydroxyl groups excluding tert-OH is 1. The smallest absolute Gasteiger partial charge is 0.266 e. The number of aliphatic hydroxyl groups is 1. The molecule has 0 bridgehead atoms. The lowest BCUT2D eigenvalue weighted by molar-refractivity contribution is -0.133. The van der Waals surface area contributed by atoms with E-state index in [4.69, 9.17) is 10.3 Å². The van der Waals surface area contributed by atoms with E-state index in [0.717, 1.165) is 0 Å². The average molecular weight is 418 g/mol. The molecule has 6 N–H and O–H groups in total. The Bertz CT molecular complexity index is 897. The summed E-state index contributed by atoms with van der Waals surface area (Å²) in [5.41, 5.74) is 1.31. The Balaban J connectivity index is 2.13. The fourth-order valence-corrected chi connectivity index (χ4v) is 5.15. The molecule has 0 aliphatic carbocycles. The lowest BCUT2D eigenvalue weighted by Crippen LogP contribution is -2.63. The highest BCUT2D eigenvalue weighted by Gasteiger charge is 2.54. The Kier molecular flexibility index (Phi) is 7.46. The minimum atomic E-state index is -2.83. The molecule has 2 amide bonds. The van der Waals surface area contributed by atoms with Gasteiger partial charge in [0, 0.05) is 17.5 Å². The molecule has 1 unspecified atom stereocenters. The van der Waals surface area contributed by atoms with Crippen molar-refractivity contribution in [2.45, 2.75) is 12.5 Å². The fourth-order valence-electron chi connectivity index (χ4n) is 2.94. The molecule has 154 valence electrons. The molecule has 0 aromatic heterocycles. The van der Waals surface area contributed by atoms with Crippen LogP contribution in [0.4, 0.5) is 0 Å². The van der Waals surface area contributed by atoms with Crippen LogP contribution in [0.2, 0.25) is 0 Å². The number of rotatable bonds is 6. The highest BCUT2D eigenvalue weighted by atomic mass is 32.3. The monoisotopic (exact) mass is 418 g/mol. The first-order valence-corrected chi connectivity index (χ1v) is 10.5. The molecule has 1 heterocycles. The third-order valence-electron chi connectivity index (χ3n) is 4.37. The minimum Gasteiger partial charge on any atom is -0.395 e. The van der Waals surface area contributed by atoms with E-state index in [1.165, 1.54) is 23.7 Å². The van der Waals surface area contributed by atoms with E-state index < -0.39 is 33.9 Å². The predicted molar refractivity (Wildman–Crippen MR) is 109 cm³/mol. The molecule has 1 aromatic carbocycles. The van der Waals surface area contributed by atoms with Crippen LogP contribution in [0.3, 0.4) is 0 Å². The zero-order valence-corrected chi connectivity index (χ0v) is 16.3. The summed E-state index contributed by atoms with van der Waals surface area (Å²) in [6.07, 6.45) is 1.74. The lowest BCUT2D eigenvalue weighted by Gasteiger charge is -2.56. The molecule has 1 saturated heterocycles. The topological polar surface area (TPSA) is 139 Å². The summed E-state index contributed by atoms with van der Waals surface area (Å²) in [6, 6.07) is 5.03. The summed E-state index contributed by atoms with van der Waals surface area (Å²) in [7, 11) is -2.83. The van der Waals surface area contributed by atoms with Crippen molar-refractivity contribution < 1.29 is 29.0 Å². The number of carbonyl (C=O) groups excluding carboxylic acids is 2. The second-order valence-electron chi connectivity index (χ2n) is 6.51. The van der Waals surface area contributed by atoms with Gasteiger partial charge in [-0.3, -0.25) is 23.9 Å². The van der Waals surface area contributed by atoms with E-state index in [-0.39, 0.29) is 23.7 Å². The Morgan fingerprint density at radius 1 is 1.24 bits per heavy atom. The molecular weight excluding hydrogens is 396 g/mol. The van der Waals surface area contributed by atoms with Gasteiger partial charge < -0.3 is 10.4 Å². The second kappa shape index (κ2) is 9.61. The highest BCUT2D eigenvalue weighted by Crippen LogP contribution is 2.60. The Morgan fingerprint density at radius 2 is 1.90 bits per heavy atom. The van der Waals surface area contributed by atoms with Crippen molar-refractivity contribution in [1.82, 2.24) is 10.8 Å². The number of hydrogen-bond donors (Lipinski definition) is 6. The summed E-state index contributed by atoms with van der Waals surface area (Å²) in [5, 5.41) is 20.2. The van der Waals surface area contributed by atoms with Gasteiger partial charge in [0.05, 0.1) is 23.5 Å². The summed E-state index contributed by atoms with van der Waals surface area (Å²) in [5.74, 6) is 8.97. The van der Waals surface area contributed by atoms with Gasteiger partial charge in [-0.2, -0.15) is 10.6 Å². The zero-order valence-electron chi connectivity index (χ0n) is 15.5. The molecule has 0 saturated carbocycles. The van der Waals surface area contributed by atoms with Crippen LogP contribution in [0.15, 0.2) is 36.9 Å². The van der Waals surface area contributed by atoms with Crippen LogP contribution < -0.4 is 10.8 Å². The molecule has 1 fully saturated rings. The van der Waals surface area contributed by atoms with Gasteiger partial charge in [0.15, 0.2) is 0 Å². The molecule has 8 nitrogen and oxygen atoms in total. The minimum absolute atomic E-state index is 0.0279. The quantitative estimate of drug-likeness (QED) is 0.176. The Hall–Kier alpha value is -2.79. The van der Waals surface area contributed by atoms with E-state index in [9.17, 15) is 18.7 Å². The second-order valence-corrected chi connectivity index (χ2v) is 8.70. The molecular formula is C20H22N2O6S. The lowest BCUT2D eigenvalue weighted by atomic mass is 9.82. The molecule has 2 rings (SSSR count). The molecule has 1 aromatic rings. The van der Waals surface area contributed by atoms with Crippen molar-refractivity contribution in [3.05, 3.63) is 48.0 Å². The maximum absolute atomic E-state index is 12.6. The van der Waals surface area contributed by atoms with Crippen LogP contribution >= 0.6 is 10.6 Å². The maximum Gasteiger partial charge on any atom is 0.266 e. The van der Waals surface area contributed by atoms with E-state index in [2.05, 4.69) is 35.6 Å². The van der Waals surface area contributed by atoms with Gasteiger partial charge in [0.25, 0.3) is 11.8 Å². The van der Waals surface area contributed by atoms with Crippen molar-refractivity contribution in [1.29, 1.82) is 0 Å². The van der Waals surface area contributed by atoms with Crippen molar-refractivity contribution in [3.8, 4) is 23.7 Å². The van der Waals surface area contributed by atoms with Crippen LogP contribution in [0, 0.1) is 29.1 Å². The van der Waals surface area contributed by atoms with Crippen LogP contribution in [-0.4, -0.2) is 55.4 Å². The number of hydrogen-bond acceptors (Lipinski definition) is 6. The third-order valence-corrected chi connectivity index (χ3v) is 6.37. The largest absolute Gasteiger partial charge is 0.395 e. The van der Waals surface area contributed by atoms with Crippen molar-refractivity contribution in [2.75, 3.05) is 18.1 Å². The SMILES string of the molecule is C=CC1(C(NC(=O)c2ccc(C#CC#CCCO)cc2)C(=O)NO)CS(O)(O)C1. The normalized spacial score (nSPS) is 17.7. The van der Waals surface area contributed by atoms with Gasteiger partial charge in [-0.25, -0.2) is 5.48 Å². The number of hydroxylamine groups is 1. The predicted octanol–water partition coefficient (Wildman–Crippen LogP) is 0.964. The van der Waals surface area contributed by atoms with Gasteiger partial charge in [-0.1, -0.05) is 17.9 Å². The molecule has 0 radical (unpaired) electrons. The third kappa shape index (κ3) is 5.61. The summed E-state index contributed by atoms with van der Waals surface area (Å²) >= 11 is 0. The Labute approximate surface area is 170 Å². The van der Waals surface area contributed by atoms with E-state index in [1.807, 2.05) is 0 Å². The molecule has 29 heavy (non-hydrogen) atoms. The standard InChI is InChI=1S/C20H22N2O6S/c1-2-20(13-29(27,28)14-20)17(19(25)22-26)21-18(24)16-10-8-15(9-11-16)7-5-3-4-6-12-23/h2,8-11,17,23,26-28H,1,6,12-14H2,(H,21,24)(H,22,25). The summed E-state index contributed by atoms with van der Waals surface area (Å²) in [4.78, 5) is 24.7. The van der Waals surface area contributed by atoms with Crippen LogP contribution in [-0.2, 0) is 4.79 Å². The summed E-state index contributed by atoms with van der Waals surface area (Å²) < 4.78 is 19.5. The maximum atomic E-state index is 12.6. The van der Waals surface area contributed by atoms with E-state index in [1.54, 1.807) is 12.1 Å². The molecule has 0 spiro atoms. The van der Waals surface area contributed by atoms with Gasteiger partial charge in [-0.15, -0.1) is 6.58 Å². The molecule has 1 aliphatic rings. The average Bonchev–Trinajstić information content (AvgIpc) is 2.69. The summed E-state index contributed by atoms with van der Waals surface area (Å²) in [6.45, 7) is 3.61. The first kappa shape index (κ1) is 22.5. The Morgan fingerprint density at radius 3 is 2.41 bits per heavy atom. The van der Waals surface area contributed by atoms with Gasteiger partial charge >= 0.3 is 0 Å². The van der Waals surface area contributed by atoms with Crippen molar-refractivity contribution in [3.63, 3.8) is 0 Å². The van der Waals surface area contributed by atoms with Crippen LogP contribution in [0.1, 0.15) is 22.3 Å². The van der Waals surface area contributed by atoms with E-state index in [0.29, 0.717) is 12.0 Å². The first-order valence-electron chi connectivity index (χ1n) is 8.59. The van der Waals surface area contributed by atoms with Crippen molar-refractivity contribution in [2.24, 2.45) is 5.41 Å². The van der Waals surface area contributed by atoms with Gasteiger partial charge in [-0.05, 0) is 36.1 Å². The molecule has 1 aliphatic heterocycles. The van der Waals surface area contributed by atoms with Gasteiger partial charge in [0.2, 0.25) is 0 Å². The fraction of sp³-hybridized carbons (Fsp3) is 0.300. The van der Waals surface area contributed by atoms with Crippen molar-refractivity contribution >= 4 is 22.4 Å². The number of benzene rings is 1. The first-order chi connectivity index (χ1) is 13.8. The molecule has 9 heteroatoms. The van der Waals surface area contributed by atoms with Gasteiger partial charge in [0.1, 0.15) is 6.04 Å². The zero-order chi connectivity index (χ0) is 21.5. The van der Waals surface area contributed by atoms with E-state index >= 15 is 0 Å². The van der Waals surface area contributed by atoms with Crippen LogP contribution in [0.5, 0.6) is 0 Å². The number of carbonyl (C=O) groups is 2. The number of nitrogens with one attached hydrogen (secondary N) is 2.